The number of nitrogens with zero attached hydrogens (tertiary/aromatic N) is 1. The average Bonchev–Trinajstić information content (AvgIpc) is 2.99. The minimum absolute atomic E-state index is 0.330. The molecular formula is C18H14F2N2OS2. The molecule has 0 bridgehead atoms. The standard InChI is InChI=1S/C18H14F2N2OS2/c1-11-15(25-17(21-11)12-7-3-2-4-8-12)16(23)22-13-9-5-6-10-14(13)24-18(19)20/h2-10,18H,1H3,(H,22,23). The molecule has 0 saturated carbocycles. The van der Waals surface area contributed by atoms with E-state index >= 15 is 0 Å². The van der Waals surface area contributed by atoms with Crippen LogP contribution in [0.2, 0.25) is 0 Å². The monoisotopic (exact) mass is 376 g/mol. The Hall–Kier alpha value is -2.25. The summed E-state index contributed by atoms with van der Waals surface area (Å²) in [7, 11) is 0. The van der Waals surface area contributed by atoms with Crippen molar-refractivity contribution >= 4 is 34.7 Å². The fourth-order valence-electron chi connectivity index (χ4n) is 2.26. The molecule has 0 unspecified atom stereocenters. The van der Waals surface area contributed by atoms with Gasteiger partial charge >= 0.3 is 0 Å². The summed E-state index contributed by atoms with van der Waals surface area (Å²) in [6, 6.07) is 16.1. The first-order chi connectivity index (χ1) is 12.0. The predicted octanol–water partition coefficient (Wildman–Crippen LogP) is 5.69. The maximum Gasteiger partial charge on any atom is 0.288 e. The summed E-state index contributed by atoms with van der Waals surface area (Å²) < 4.78 is 25.3. The highest BCUT2D eigenvalue weighted by Crippen LogP contribution is 2.33. The zero-order valence-corrected chi connectivity index (χ0v) is 14.8. The summed E-state index contributed by atoms with van der Waals surface area (Å²) in [6.45, 7) is 1.76. The Balaban J connectivity index is 1.84. The minimum Gasteiger partial charge on any atom is -0.320 e. The van der Waals surface area contributed by atoms with Gasteiger partial charge in [-0.15, -0.1) is 11.3 Å². The molecule has 2 aromatic carbocycles. The summed E-state index contributed by atoms with van der Waals surface area (Å²) in [5.74, 6) is -2.90. The molecule has 0 fully saturated rings. The van der Waals surface area contributed by atoms with E-state index in [4.69, 9.17) is 0 Å². The van der Waals surface area contributed by atoms with Crippen LogP contribution >= 0.6 is 23.1 Å². The van der Waals surface area contributed by atoms with Crippen molar-refractivity contribution in [2.24, 2.45) is 0 Å². The van der Waals surface area contributed by atoms with E-state index < -0.39 is 5.76 Å². The van der Waals surface area contributed by atoms with Crippen LogP contribution in [0.1, 0.15) is 15.4 Å². The second-order valence-electron chi connectivity index (χ2n) is 5.13. The van der Waals surface area contributed by atoms with Crippen LogP contribution in [0.3, 0.4) is 0 Å². The summed E-state index contributed by atoms with van der Waals surface area (Å²) in [4.78, 5) is 17.8. The lowest BCUT2D eigenvalue weighted by Crippen LogP contribution is -2.12. The molecule has 0 atom stereocenters. The molecular weight excluding hydrogens is 362 g/mol. The fourth-order valence-corrected chi connectivity index (χ4v) is 3.82. The number of thioether (sulfide) groups is 1. The number of carbonyl (C=O) groups is 1. The Morgan fingerprint density at radius 1 is 1.12 bits per heavy atom. The van der Waals surface area contributed by atoms with Gasteiger partial charge in [-0.25, -0.2) is 4.98 Å². The normalized spacial score (nSPS) is 10.9. The van der Waals surface area contributed by atoms with E-state index in [0.717, 1.165) is 10.6 Å². The van der Waals surface area contributed by atoms with Crippen LogP contribution in [0, 0.1) is 6.92 Å². The fraction of sp³-hybridized carbons (Fsp3) is 0.111. The molecule has 0 saturated heterocycles. The number of hydrogen-bond acceptors (Lipinski definition) is 4. The molecule has 3 aromatic rings. The number of hydrogen-bond donors (Lipinski definition) is 1. The van der Waals surface area contributed by atoms with Crippen molar-refractivity contribution in [3.63, 3.8) is 0 Å². The van der Waals surface area contributed by atoms with E-state index in [9.17, 15) is 13.6 Å². The van der Waals surface area contributed by atoms with Crippen molar-refractivity contribution in [3.05, 3.63) is 65.2 Å². The van der Waals surface area contributed by atoms with Gasteiger partial charge in [0, 0.05) is 10.5 Å². The highest BCUT2D eigenvalue weighted by atomic mass is 32.2. The second kappa shape index (κ2) is 7.76. The third-order valence-electron chi connectivity index (χ3n) is 3.37. The van der Waals surface area contributed by atoms with E-state index in [1.807, 2.05) is 30.3 Å². The van der Waals surface area contributed by atoms with Gasteiger partial charge in [0.1, 0.15) is 9.88 Å². The first-order valence-electron chi connectivity index (χ1n) is 7.42. The number of carbonyl (C=O) groups excluding carboxylic acids is 1. The van der Waals surface area contributed by atoms with Crippen molar-refractivity contribution < 1.29 is 13.6 Å². The zero-order valence-electron chi connectivity index (χ0n) is 13.2. The summed E-state index contributed by atoms with van der Waals surface area (Å²) in [5.41, 5.74) is 1.91. The van der Waals surface area contributed by atoms with Crippen molar-refractivity contribution in [1.29, 1.82) is 0 Å². The highest BCUT2D eigenvalue weighted by Gasteiger charge is 2.18. The van der Waals surface area contributed by atoms with Crippen molar-refractivity contribution in [2.75, 3.05) is 5.32 Å². The van der Waals surface area contributed by atoms with Crippen molar-refractivity contribution in [2.45, 2.75) is 17.6 Å². The number of aromatic nitrogens is 1. The van der Waals surface area contributed by atoms with E-state index in [-0.39, 0.29) is 5.91 Å². The SMILES string of the molecule is Cc1nc(-c2ccccc2)sc1C(=O)Nc1ccccc1SC(F)F. The van der Waals surface area contributed by atoms with E-state index in [1.165, 1.54) is 11.3 Å². The number of amides is 1. The van der Waals surface area contributed by atoms with Crippen LogP contribution in [-0.2, 0) is 0 Å². The van der Waals surface area contributed by atoms with Gasteiger partial charge in [0.2, 0.25) is 0 Å². The van der Waals surface area contributed by atoms with E-state index in [0.29, 0.717) is 32.9 Å². The smallest absolute Gasteiger partial charge is 0.288 e. The Morgan fingerprint density at radius 2 is 1.80 bits per heavy atom. The van der Waals surface area contributed by atoms with Gasteiger partial charge in [-0.3, -0.25) is 4.79 Å². The lowest BCUT2D eigenvalue weighted by molar-refractivity contribution is 0.102. The van der Waals surface area contributed by atoms with Gasteiger partial charge in [-0.1, -0.05) is 54.2 Å². The number of alkyl halides is 2. The molecule has 0 aliphatic heterocycles. The van der Waals surface area contributed by atoms with Gasteiger partial charge in [-0.2, -0.15) is 8.78 Å². The average molecular weight is 376 g/mol. The molecule has 1 heterocycles. The molecule has 1 N–H and O–H groups in total. The molecule has 0 aliphatic rings. The summed E-state index contributed by atoms with van der Waals surface area (Å²) in [6.07, 6.45) is 0. The molecule has 3 nitrogen and oxygen atoms in total. The van der Waals surface area contributed by atoms with Gasteiger partial charge in [-0.05, 0) is 19.1 Å². The van der Waals surface area contributed by atoms with E-state index in [1.54, 1.807) is 31.2 Å². The maximum absolute atomic E-state index is 12.7. The van der Waals surface area contributed by atoms with Gasteiger partial charge in [0.15, 0.2) is 0 Å². The van der Waals surface area contributed by atoms with Gasteiger partial charge in [0.05, 0.1) is 11.4 Å². The van der Waals surface area contributed by atoms with Gasteiger partial charge < -0.3 is 5.32 Å². The quantitative estimate of drug-likeness (QED) is 0.582. The number of aryl methyl sites for hydroxylation is 1. The van der Waals surface area contributed by atoms with Crippen LogP contribution in [-0.4, -0.2) is 16.6 Å². The van der Waals surface area contributed by atoms with Gasteiger partial charge in [0.25, 0.3) is 11.7 Å². The topological polar surface area (TPSA) is 42.0 Å². The number of thiazole rings is 1. The molecule has 0 spiro atoms. The molecule has 25 heavy (non-hydrogen) atoms. The largest absolute Gasteiger partial charge is 0.320 e. The Labute approximate surface area is 152 Å². The van der Waals surface area contributed by atoms with Crippen LogP contribution in [0.4, 0.5) is 14.5 Å². The lowest BCUT2D eigenvalue weighted by atomic mass is 10.2. The molecule has 0 aliphatic carbocycles. The van der Waals surface area contributed by atoms with E-state index in [2.05, 4.69) is 10.3 Å². The molecule has 3 rings (SSSR count). The molecule has 128 valence electrons. The number of nitrogens with one attached hydrogen (secondary N) is 1. The maximum atomic E-state index is 12.7. The number of anilines is 1. The zero-order chi connectivity index (χ0) is 17.8. The van der Waals surface area contributed by atoms with Crippen LogP contribution in [0.15, 0.2) is 59.5 Å². The number of para-hydroxylation sites is 1. The summed E-state index contributed by atoms with van der Waals surface area (Å²) in [5, 5.41) is 3.46. The number of benzene rings is 2. The summed E-state index contributed by atoms with van der Waals surface area (Å²) >= 11 is 1.69. The third-order valence-corrected chi connectivity index (χ3v) is 5.37. The molecule has 7 heteroatoms. The first-order valence-corrected chi connectivity index (χ1v) is 9.12. The Morgan fingerprint density at radius 3 is 2.52 bits per heavy atom. The van der Waals surface area contributed by atoms with Crippen LogP contribution < -0.4 is 5.32 Å². The highest BCUT2D eigenvalue weighted by molar-refractivity contribution is 7.99. The molecule has 1 aromatic heterocycles. The Kier molecular flexibility index (Phi) is 5.45. The minimum atomic E-state index is -2.55. The third kappa shape index (κ3) is 4.24. The number of halogens is 2. The number of rotatable bonds is 5. The first kappa shape index (κ1) is 17.6. The van der Waals surface area contributed by atoms with Crippen LogP contribution in [0.5, 0.6) is 0 Å². The second-order valence-corrected chi connectivity index (χ2v) is 7.16. The predicted molar refractivity (Wildman–Crippen MR) is 98.5 cm³/mol. The van der Waals surface area contributed by atoms with Crippen LogP contribution in [0.25, 0.3) is 10.6 Å². The lowest BCUT2D eigenvalue weighted by Gasteiger charge is -2.09. The van der Waals surface area contributed by atoms with Crippen molar-refractivity contribution in [3.8, 4) is 10.6 Å². The molecule has 0 radical (unpaired) electrons. The molecule has 1 amide bonds. The van der Waals surface area contributed by atoms with Crippen molar-refractivity contribution in [1.82, 2.24) is 4.98 Å². The Bertz CT molecular complexity index is 882.